The van der Waals surface area contributed by atoms with Crippen molar-refractivity contribution in [2.75, 3.05) is 26.2 Å². The van der Waals surface area contributed by atoms with Gasteiger partial charge in [-0.25, -0.2) is 4.99 Å². The molecule has 3 unspecified atom stereocenters. The SMILES string of the molecule is CCCCOC1CC(NC(=NCc2nnc(C)n2C)NCC2CCCN2CC)C1(C)C.I. The third-order valence-corrected chi connectivity index (χ3v) is 7.28. The Labute approximate surface area is 211 Å². The molecule has 2 aliphatic rings. The molecule has 3 atom stereocenters. The van der Waals surface area contributed by atoms with E-state index in [2.05, 4.69) is 53.4 Å². The molecule has 0 bridgehead atoms. The summed E-state index contributed by atoms with van der Waals surface area (Å²) in [5.74, 6) is 2.65. The van der Waals surface area contributed by atoms with Gasteiger partial charge in [0.05, 0.1) is 6.10 Å². The lowest BCUT2D eigenvalue weighted by molar-refractivity contribution is -0.113. The predicted molar refractivity (Wildman–Crippen MR) is 141 cm³/mol. The van der Waals surface area contributed by atoms with Gasteiger partial charge < -0.3 is 19.9 Å². The van der Waals surface area contributed by atoms with Gasteiger partial charge in [0.2, 0.25) is 0 Å². The molecule has 9 heteroatoms. The van der Waals surface area contributed by atoms with Crippen LogP contribution in [-0.2, 0) is 18.3 Å². The quantitative estimate of drug-likeness (QED) is 0.198. The number of aromatic nitrogens is 3. The summed E-state index contributed by atoms with van der Waals surface area (Å²) < 4.78 is 8.14. The first kappa shape index (κ1) is 27.3. The predicted octanol–water partition coefficient (Wildman–Crippen LogP) is 3.24. The summed E-state index contributed by atoms with van der Waals surface area (Å²) in [6, 6.07) is 0.922. The smallest absolute Gasteiger partial charge is 0.192 e. The summed E-state index contributed by atoms with van der Waals surface area (Å²) in [5.41, 5.74) is 0.0837. The Bertz CT molecular complexity index is 736. The van der Waals surface area contributed by atoms with E-state index >= 15 is 0 Å². The fourth-order valence-corrected chi connectivity index (χ4v) is 4.60. The zero-order valence-corrected chi connectivity index (χ0v) is 23.2. The highest BCUT2D eigenvalue weighted by Gasteiger charge is 2.49. The third kappa shape index (κ3) is 6.56. The summed E-state index contributed by atoms with van der Waals surface area (Å²) in [6.07, 6.45) is 6.16. The maximum atomic E-state index is 6.13. The average Bonchev–Trinajstić information content (AvgIpc) is 3.34. The van der Waals surface area contributed by atoms with Crippen molar-refractivity contribution in [1.82, 2.24) is 30.3 Å². The van der Waals surface area contributed by atoms with Crippen LogP contribution in [0.1, 0.15) is 71.4 Å². The Morgan fingerprint density at radius 3 is 2.69 bits per heavy atom. The van der Waals surface area contributed by atoms with Gasteiger partial charge in [-0.1, -0.05) is 34.1 Å². The molecule has 1 aliphatic heterocycles. The zero-order chi connectivity index (χ0) is 22.4. The highest BCUT2D eigenvalue weighted by Crippen LogP contribution is 2.42. The van der Waals surface area contributed by atoms with Gasteiger partial charge in [0.1, 0.15) is 12.4 Å². The highest BCUT2D eigenvalue weighted by atomic mass is 127. The Kier molecular flexibility index (Phi) is 10.7. The van der Waals surface area contributed by atoms with Crippen LogP contribution in [-0.4, -0.2) is 70.1 Å². The maximum absolute atomic E-state index is 6.13. The van der Waals surface area contributed by atoms with Crippen LogP contribution in [0.2, 0.25) is 0 Å². The van der Waals surface area contributed by atoms with Gasteiger partial charge in [-0.2, -0.15) is 0 Å². The number of hydrogen-bond donors (Lipinski definition) is 2. The molecule has 0 aromatic carbocycles. The Hall–Kier alpha value is -0.940. The summed E-state index contributed by atoms with van der Waals surface area (Å²) in [6.45, 7) is 15.6. The van der Waals surface area contributed by atoms with Gasteiger partial charge >= 0.3 is 0 Å². The molecule has 0 amide bonds. The van der Waals surface area contributed by atoms with E-state index in [9.17, 15) is 0 Å². The molecule has 2 heterocycles. The molecule has 32 heavy (non-hydrogen) atoms. The molecule has 1 aliphatic carbocycles. The number of guanidine groups is 1. The van der Waals surface area contributed by atoms with Crippen LogP contribution in [0, 0.1) is 12.3 Å². The minimum Gasteiger partial charge on any atom is -0.378 e. The number of rotatable bonds is 10. The molecule has 8 nitrogen and oxygen atoms in total. The van der Waals surface area contributed by atoms with Gasteiger partial charge in [-0.3, -0.25) is 4.90 Å². The van der Waals surface area contributed by atoms with Crippen LogP contribution in [0.3, 0.4) is 0 Å². The van der Waals surface area contributed by atoms with Crippen LogP contribution in [0.5, 0.6) is 0 Å². The van der Waals surface area contributed by atoms with Crippen LogP contribution >= 0.6 is 24.0 Å². The molecule has 0 radical (unpaired) electrons. The largest absolute Gasteiger partial charge is 0.378 e. The van der Waals surface area contributed by atoms with Crippen molar-refractivity contribution in [3.63, 3.8) is 0 Å². The van der Waals surface area contributed by atoms with Crippen LogP contribution in [0.25, 0.3) is 0 Å². The fourth-order valence-electron chi connectivity index (χ4n) is 4.60. The topological polar surface area (TPSA) is 79.6 Å². The second-order valence-electron chi connectivity index (χ2n) is 9.66. The number of unbranched alkanes of at least 4 members (excludes halogenated alkanes) is 1. The van der Waals surface area contributed by atoms with Crippen LogP contribution in [0.15, 0.2) is 4.99 Å². The van der Waals surface area contributed by atoms with Gasteiger partial charge in [-0.15, -0.1) is 34.2 Å². The molecular weight excluding hydrogens is 517 g/mol. The van der Waals surface area contributed by atoms with Crippen molar-refractivity contribution >= 4 is 29.9 Å². The molecule has 1 aromatic heterocycles. The van der Waals surface area contributed by atoms with Crippen molar-refractivity contribution in [3.8, 4) is 0 Å². The Balaban J connectivity index is 0.00000363. The van der Waals surface area contributed by atoms with E-state index in [1.807, 2.05) is 18.5 Å². The molecule has 184 valence electrons. The molecule has 1 saturated carbocycles. The average molecular weight is 562 g/mol. The van der Waals surface area contributed by atoms with Gasteiger partial charge in [-0.05, 0) is 45.7 Å². The molecule has 1 aromatic rings. The highest BCUT2D eigenvalue weighted by molar-refractivity contribution is 14.0. The summed E-state index contributed by atoms with van der Waals surface area (Å²) in [4.78, 5) is 7.44. The molecule has 0 spiro atoms. The Morgan fingerprint density at radius 2 is 2.06 bits per heavy atom. The first-order valence-corrected chi connectivity index (χ1v) is 12.1. The minimum atomic E-state index is 0. The number of nitrogens with one attached hydrogen (secondary N) is 2. The number of likely N-dealkylation sites (N-methyl/N-ethyl adjacent to an activating group) is 1. The van der Waals surface area contributed by atoms with Crippen molar-refractivity contribution in [2.24, 2.45) is 17.5 Å². The minimum absolute atomic E-state index is 0. The lowest BCUT2D eigenvalue weighted by atomic mass is 9.64. The third-order valence-electron chi connectivity index (χ3n) is 7.28. The number of likely N-dealkylation sites (tertiary alicyclic amines) is 1. The molecule has 2 fully saturated rings. The second kappa shape index (κ2) is 12.5. The number of ether oxygens (including phenoxy) is 1. The standard InChI is InChI=1S/C23H43N7O.HI/c1-7-9-13-31-20-14-19(23(20,4)5)26-22(24-15-18-11-10-12-30(18)8-2)25-16-21-28-27-17(3)29(21)6;/h18-20H,7-16H2,1-6H3,(H2,24,25,26);1H. The molecular formula is C23H44IN7O. The first-order chi connectivity index (χ1) is 14.9. The van der Waals surface area contributed by atoms with E-state index < -0.39 is 0 Å². The maximum Gasteiger partial charge on any atom is 0.192 e. The van der Waals surface area contributed by atoms with E-state index in [1.165, 1.54) is 25.8 Å². The normalized spacial score (nSPS) is 25.3. The van der Waals surface area contributed by atoms with E-state index in [0.29, 0.717) is 24.7 Å². The number of hydrogen-bond acceptors (Lipinski definition) is 5. The molecule has 2 N–H and O–H groups in total. The van der Waals surface area contributed by atoms with Gasteiger partial charge in [0, 0.05) is 37.7 Å². The van der Waals surface area contributed by atoms with E-state index in [-0.39, 0.29) is 29.4 Å². The van der Waals surface area contributed by atoms with Crippen LogP contribution < -0.4 is 10.6 Å². The van der Waals surface area contributed by atoms with Crippen molar-refractivity contribution in [1.29, 1.82) is 0 Å². The van der Waals surface area contributed by atoms with E-state index in [1.54, 1.807) is 0 Å². The number of aryl methyl sites for hydroxylation is 1. The lowest BCUT2D eigenvalue weighted by Crippen LogP contribution is -2.64. The van der Waals surface area contributed by atoms with Gasteiger partial charge in [0.25, 0.3) is 0 Å². The summed E-state index contributed by atoms with van der Waals surface area (Å²) in [7, 11) is 1.99. The van der Waals surface area contributed by atoms with Crippen molar-refractivity contribution in [2.45, 2.75) is 91.5 Å². The Morgan fingerprint density at radius 1 is 1.28 bits per heavy atom. The summed E-state index contributed by atoms with van der Waals surface area (Å²) in [5, 5.41) is 15.8. The number of nitrogens with zero attached hydrogens (tertiary/aromatic N) is 5. The fraction of sp³-hybridized carbons (Fsp3) is 0.870. The molecule has 1 saturated heterocycles. The second-order valence-corrected chi connectivity index (χ2v) is 9.66. The lowest BCUT2D eigenvalue weighted by Gasteiger charge is -2.52. The van der Waals surface area contributed by atoms with E-state index in [4.69, 9.17) is 9.73 Å². The monoisotopic (exact) mass is 561 g/mol. The number of aliphatic imine (C=N–C) groups is 1. The van der Waals surface area contributed by atoms with Crippen LogP contribution in [0.4, 0.5) is 0 Å². The van der Waals surface area contributed by atoms with Gasteiger partial charge in [0.15, 0.2) is 11.8 Å². The zero-order valence-electron chi connectivity index (χ0n) is 20.9. The summed E-state index contributed by atoms with van der Waals surface area (Å²) >= 11 is 0. The number of halogens is 1. The van der Waals surface area contributed by atoms with Crippen molar-refractivity contribution < 1.29 is 4.74 Å². The van der Waals surface area contributed by atoms with E-state index in [0.717, 1.165) is 50.1 Å². The first-order valence-electron chi connectivity index (χ1n) is 12.1. The molecule has 3 rings (SSSR count). The van der Waals surface area contributed by atoms with Crippen molar-refractivity contribution in [3.05, 3.63) is 11.6 Å².